The van der Waals surface area contributed by atoms with Crippen molar-refractivity contribution in [3.05, 3.63) is 0 Å². The molecule has 1 aliphatic heterocycles. The maximum absolute atomic E-state index is 9.44. The molecule has 0 aromatic carbocycles. The van der Waals surface area contributed by atoms with Gasteiger partial charge in [0.1, 0.15) is 31.0 Å². The van der Waals surface area contributed by atoms with Crippen LogP contribution >= 0.6 is 0 Å². The van der Waals surface area contributed by atoms with Crippen LogP contribution in [0.4, 0.5) is 0 Å². The summed E-state index contributed by atoms with van der Waals surface area (Å²) in [5.41, 5.74) is 0. The highest BCUT2D eigenvalue weighted by atomic mass is 16.6. The summed E-state index contributed by atoms with van der Waals surface area (Å²) in [5.74, 6) is 2.27. The van der Waals surface area contributed by atoms with E-state index in [-0.39, 0.29) is 19.8 Å². The number of rotatable bonds is 3. The van der Waals surface area contributed by atoms with Crippen LogP contribution in [0.3, 0.4) is 0 Å². The van der Waals surface area contributed by atoms with Crippen LogP contribution in [0.15, 0.2) is 0 Å². The highest BCUT2D eigenvalue weighted by Crippen LogP contribution is 2.15. The molecule has 0 aliphatic carbocycles. The van der Waals surface area contributed by atoms with Crippen molar-refractivity contribution in [3.8, 4) is 12.3 Å². The van der Waals surface area contributed by atoms with E-state index >= 15 is 0 Å². The molecule has 5 heteroatoms. The van der Waals surface area contributed by atoms with Crippen LogP contribution in [0, 0.1) is 12.3 Å². The van der Waals surface area contributed by atoms with E-state index in [4.69, 9.17) is 21.0 Å². The molecular weight excluding hydrogens is 188 g/mol. The third-order valence-electron chi connectivity index (χ3n) is 2.07. The van der Waals surface area contributed by atoms with Gasteiger partial charge in [-0.3, -0.25) is 0 Å². The molecule has 4 atom stereocenters. The molecule has 0 amide bonds. The van der Waals surface area contributed by atoms with Crippen molar-refractivity contribution in [3.63, 3.8) is 0 Å². The van der Waals surface area contributed by atoms with Crippen molar-refractivity contribution in [2.24, 2.45) is 0 Å². The Morgan fingerprint density at radius 1 is 1.36 bits per heavy atom. The minimum Gasteiger partial charge on any atom is -0.388 e. The summed E-state index contributed by atoms with van der Waals surface area (Å²) in [6.45, 7) is 0.225. The monoisotopic (exact) mass is 202 g/mol. The largest absolute Gasteiger partial charge is 0.388 e. The molecule has 0 bridgehead atoms. The van der Waals surface area contributed by atoms with E-state index in [2.05, 4.69) is 5.92 Å². The lowest BCUT2D eigenvalue weighted by atomic mass is 10.0. The van der Waals surface area contributed by atoms with Crippen molar-refractivity contribution in [1.82, 2.24) is 0 Å². The standard InChI is InChI=1S/C9H14O5/c1-2-3-13-5-7-9(12)8(11)6(10)4-14-7/h1,6-12H,3-5H2. The maximum atomic E-state index is 9.44. The second-order valence-electron chi connectivity index (χ2n) is 3.14. The normalized spacial score (nSPS) is 37.9. The smallest absolute Gasteiger partial charge is 0.111 e. The van der Waals surface area contributed by atoms with Gasteiger partial charge in [-0.1, -0.05) is 5.92 Å². The van der Waals surface area contributed by atoms with Gasteiger partial charge in [0.25, 0.3) is 0 Å². The van der Waals surface area contributed by atoms with E-state index in [1.54, 1.807) is 0 Å². The van der Waals surface area contributed by atoms with E-state index in [1.807, 2.05) is 0 Å². The second kappa shape index (κ2) is 5.29. The summed E-state index contributed by atoms with van der Waals surface area (Å²) in [6.07, 6.45) is 0.942. The molecule has 80 valence electrons. The predicted molar refractivity (Wildman–Crippen MR) is 47.4 cm³/mol. The minimum atomic E-state index is -1.19. The van der Waals surface area contributed by atoms with E-state index in [1.165, 1.54) is 0 Å². The topological polar surface area (TPSA) is 79.2 Å². The van der Waals surface area contributed by atoms with Gasteiger partial charge < -0.3 is 24.8 Å². The molecule has 5 nitrogen and oxygen atoms in total. The molecule has 1 rings (SSSR count). The van der Waals surface area contributed by atoms with Gasteiger partial charge >= 0.3 is 0 Å². The summed E-state index contributed by atoms with van der Waals surface area (Å²) in [7, 11) is 0. The van der Waals surface area contributed by atoms with Crippen molar-refractivity contribution < 1.29 is 24.8 Å². The van der Waals surface area contributed by atoms with Gasteiger partial charge in [-0.2, -0.15) is 0 Å². The Morgan fingerprint density at radius 2 is 2.07 bits per heavy atom. The number of hydrogen-bond acceptors (Lipinski definition) is 5. The highest BCUT2D eigenvalue weighted by Gasteiger charge is 2.37. The molecule has 0 aromatic heterocycles. The van der Waals surface area contributed by atoms with Gasteiger partial charge in [0.2, 0.25) is 0 Å². The minimum absolute atomic E-state index is 0.0116. The molecule has 3 N–H and O–H groups in total. The van der Waals surface area contributed by atoms with Gasteiger partial charge in [0, 0.05) is 0 Å². The molecule has 4 unspecified atom stereocenters. The summed E-state index contributed by atoms with van der Waals surface area (Å²) in [4.78, 5) is 0. The lowest BCUT2D eigenvalue weighted by molar-refractivity contribution is -0.198. The first-order valence-electron chi connectivity index (χ1n) is 4.34. The summed E-state index contributed by atoms with van der Waals surface area (Å²) >= 11 is 0. The van der Waals surface area contributed by atoms with E-state index in [0.29, 0.717) is 0 Å². The number of aliphatic hydroxyl groups is 3. The van der Waals surface area contributed by atoms with Crippen LogP contribution in [0.2, 0.25) is 0 Å². The fourth-order valence-electron chi connectivity index (χ4n) is 1.25. The molecule has 0 radical (unpaired) electrons. The first-order chi connectivity index (χ1) is 6.66. The molecule has 1 saturated heterocycles. The molecule has 0 aromatic rings. The summed E-state index contributed by atoms with van der Waals surface area (Å²) < 4.78 is 10.0. The summed E-state index contributed by atoms with van der Waals surface area (Å²) in [5, 5.41) is 27.9. The van der Waals surface area contributed by atoms with Gasteiger partial charge in [-0.15, -0.1) is 6.42 Å². The first-order valence-corrected chi connectivity index (χ1v) is 4.34. The molecule has 1 fully saturated rings. The zero-order chi connectivity index (χ0) is 10.6. The average molecular weight is 202 g/mol. The zero-order valence-electron chi connectivity index (χ0n) is 7.67. The van der Waals surface area contributed by atoms with Crippen molar-refractivity contribution in [2.75, 3.05) is 19.8 Å². The van der Waals surface area contributed by atoms with Gasteiger partial charge in [0.15, 0.2) is 0 Å². The van der Waals surface area contributed by atoms with Crippen molar-refractivity contribution in [1.29, 1.82) is 0 Å². The van der Waals surface area contributed by atoms with Crippen LogP contribution in [-0.2, 0) is 9.47 Å². The Kier molecular flexibility index (Phi) is 4.32. The lowest BCUT2D eigenvalue weighted by Crippen LogP contribution is -2.54. The van der Waals surface area contributed by atoms with Crippen LogP contribution < -0.4 is 0 Å². The second-order valence-corrected chi connectivity index (χ2v) is 3.14. The fraction of sp³-hybridized carbons (Fsp3) is 0.778. The van der Waals surface area contributed by atoms with E-state index < -0.39 is 24.4 Å². The van der Waals surface area contributed by atoms with E-state index in [9.17, 15) is 10.2 Å². The Balaban J connectivity index is 2.36. The molecular formula is C9H14O5. The van der Waals surface area contributed by atoms with Crippen molar-refractivity contribution in [2.45, 2.75) is 24.4 Å². The van der Waals surface area contributed by atoms with Gasteiger partial charge in [0.05, 0.1) is 13.2 Å². The molecule has 0 spiro atoms. The average Bonchev–Trinajstić information content (AvgIpc) is 2.18. The van der Waals surface area contributed by atoms with Crippen LogP contribution in [-0.4, -0.2) is 59.6 Å². The quantitative estimate of drug-likeness (QED) is 0.368. The molecule has 14 heavy (non-hydrogen) atoms. The molecule has 1 aliphatic rings. The number of terminal acetylenes is 1. The molecule has 0 saturated carbocycles. The third kappa shape index (κ3) is 2.67. The van der Waals surface area contributed by atoms with Crippen LogP contribution in [0.25, 0.3) is 0 Å². The van der Waals surface area contributed by atoms with Crippen LogP contribution in [0.5, 0.6) is 0 Å². The number of aliphatic hydroxyl groups excluding tert-OH is 3. The SMILES string of the molecule is C#CCOCC1OCC(O)C(O)C1O. The Labute approximate surface area is 82.3 Å². The Bertz CT molecular complexity index is 212. The van der Waals surface area contributed by atoms with Gasteiger partial charge in [-0.25, -0.2) is 0 Å². The fourth-order valence-corrected chi connectivity index (χ4v) is 1.25. The van der Waals surface area contributed by atoms with E-state index in [0.717, 1.165) is 0 Å². The number of ether oxygens (including phenoxy) is 2. The first kappa shape index (κ1) is 11.4. The van der Waals surface area contributed by atoms with Crippen LogP contribution in [0.1, 0.15) is 0 Å². The summed E-state index contributed by atoms with van der Waals surface area (Å²) in [6, 6.07) is 0. The highest BCUT2D eigenvalue weighted by molar-refractivity contribution is 4.87. The lowest BCUT2D eigenvalue weighted by Gasteiger charge is -2.34. The zero-order valence-corrected chi connectivity index (χ0v) is 7.67. The Morgan fingerprint density at radius 3 is 2.71 bits per heavy atom. The van der Waals surface area contributed by atoms with Crippen molar-refractivity contribution >= 4 is 0 Å². The molecule has 1 heterocycles. The Hall–Kier alpha value is -0.640. The third-order valence-corrected chi connectivity index (χ3v) is 2.07. The predicted octanol–water partition coefficient (Wildman–Crippen LogP) is -1.88. The number of hydrogen-bond donors (Lipinski definition) is 3. The van der Waals surface area contributed by atoms with Gasteiger partial charge in [-0.05, 0) is 0 Å². The maximum Gasteiger partial charge on any atom is 0.111 e.